The van der Waals surface area contributed by atoms with Crippen molar-refractivity contribution < 1.29 is 9.59 Å². The number of rotatable bonds is 9. The minimum Gasteiger partial charge on any atom is -0.350 e. The highest BCUT2D eigenvalue weighted by Crippen LogP contribution is 2.14. The van der Waals surface area contributed by atoms with Crippen molar-refractivity contribution >= 4 is 11.8 Å². The Balaban J connectivity index is 1.61. The van der Waals surface area contributed by atoms with Gasteiger partial charge in [-0.1, -0.05) is 68.4 Å². The second-order valence-corrected chi connectivity index (χ2v) is 7.64. The molecule has 7 heteroatoms. The van der Waals surface area contributed by atoms with Crippen LogP contribution in [-0.4, -0.2) is 26.6 Å². The second-order valence-electron chi connectivity index (χ2n) is 7.64. The zero-order valence-corrected chi connectivity index (χ0v) is 17.3. The molecule has 1 unspecified atom stereocenters. The van der Waals surface area contributed by atoms with Gasteiger partial charge in [0.2, 0.25) is 11.8 Å². The minimum absolute atomic E-state index is 0.133. The van der Waals surface area contributed by atoms with E-state index in [1.807, 2.05) is 68.4 Å². The first kappa shape index (κ1) is 21.2. The molecule has 2 aromatic carbocycles. The van der Waals surface area contributed by atoms with Gasteiger partial charge in [0.05, 0.1) is 6.54 Å². The van der Waals surface area contributed by atoms with Crippen molar-refractivity contribution in [2.75, 3.05) is 0 Å². The number of nitrogens with zero attached hydrogens (tertiary/aromatic N) is 3. The molecule has 0 radical (unpaired) electrons. The predicted molar refractivity (Wildman–Crippen MR) is 114 cm³/mol. The van der Waals surface area contributed by atoms with Crippen LogP contribution >= 0.6 is 0 Å². The highest BCUT2D eigenvalue weighted by Gasteiger charge is 2.22. The number of amides is 2. The lowest BCUT2D eigenvalue weighted by Crippen LogP contribution is -2.40. The Kier molecular flexibility index (Phi) is 7.32. The van der Waals surface area contributed by atoms with Crippen LogP contribution in [0.1, 0.15) is 43.0 Å². The molecule has 0 aliphatic carbocycles. The standard InChI is InChI=1S/C23H27N5O2/c1-17(2)12-21(29)27-22(20-6-4-3-5-7-20)23(30)25-13-18-8-10-19(11-9-18)14-28-16-24-15-26-28/h3-11,15-17,22H,12-14H2,1-2H3,(H,25,30)(H,27,29). The van der Waals surface area contributed by atoms with E-state index < -0.39 is 6.04 Å². The number of carbonyl (C=O) groups excluding carboxylic acids is 2. The van der Waals surface area contributed by atoms with Crippen LogP contribution in [0.4, 0.5) is 0 Å². The van der Waals surface area contributed by atoms with Crippen LogP contribution in [0.15, 0.2) is 67.3 Å². The van der Waals surface area contributed by atoms with Crippen LogP contribution < -0.4 is 10.6 Å². The van der Waals surface area contributed by atoms with Crippen molar-refractivity contribution in [1.82, 2.24) is 25.4 Å². The average molecular weight is 406 g/mol. The molecule has 3 aromatic rings. The lowest BCUT2D eigenvalue weighted by molar-refractivity contribution is -0.129. The van der Waals surface area contributed by atoms with Crippen LogP contribution in [0.2, 0.25) is 0 Å². The Morgan fingerprint density at radius 2 is 1.70 bits per heavy atom. The van der Waals surface area contributed by atoms with E-state index in [0.717, 1.165) is 16.7 Å². The Hall–Kier alpha value is -3.48. The van der Waals surface area contributed by atoms with Gasteiger partial charge >= 0.3 is 0 Å². The fourth-order valence-electron chi connectivity index (χ4n) is 3.09. The summed E-state index contributed by atoms with van der Waals surface area (Å²) in [5.74, 6) is -0.142. The molecule has 0 aliphatic rings. The van der Waals surface area contributed by atoms with Gasteiger partial charge in [0.15, 0.2) is 0 Å². The number of hydrogen-bond acceptors (Lipinski definition) is 4. The maximum Gasteiger partial charge on any atom is 0.247 e. The van der Waals surface area contributed by atoms with Crippen LogP contribution in [0.5, 0.6) is 0 Å². The number of nitrogens with one attached hydrogen (secondary N) is 2. The van der Waals surface area contributed by atoms with E-state index in [4.69, 9.17) is 0 Å². The lowest BCUT2D eigenvalue weighted by atomic mass is 10.0. The van der Waals surface area contributed by atoms with Gasteiger partial charge in [-0.25, -0.2) is 9.67 Å². The van der Waals surface area contributed by atoms with Crippen LogP contribution in [0.25, 0.3) is 0 Å². The molecule has 2 amide bonds. The van der Waals surface area contributed by atoms with E-state index in [-0.39, 0.29) is 17.7 Å². The molecular weight excluding hydrogens is 378 g/mol. The van der Waals surface area contributed by atoms with Gasteiger partial charge in [-0.05, 0) is 22.6 Å². The number of carbonyl (C=O) groups is 2. The Bertz CT molecular complexity index is 937. The summed E-state index contributed by atoms with van der Waals surface area (Å²) in [4.78, 5) is 29.1. The van der Waals surface area contributed by atoms with E-state index in [1.165, 1.54) is 6.33 Å². The molecule has 0 aliphatic heterocycles. The first-order valence-electron chi connectivity index (χ1n) is 10.0. The highest BCUT2D eigenvalue weighted by atomic mass is 16.2. The third-order valence-electron chi connectivity index (χ3n) is 4.59. The third-order valence-corrected chi connectivity index (χ3v) is 4.59. The van der Waals surface area contributed by atoms with Crippen LogP contribution in [0.3, 0.4) is 0 Å². The maximum atomic E-state index is 12.9. The minimum atomic E-state index is -0.718. The Morgan fingerprint density at radius 1 is 1.00 bits per heavy atom. The van der Waals surface area contributed by atoms with Crippen molar-refractivity contribution in [2.24, 2.45) is 5.92 Å². The first-order chi connectivity index (χ1) is 14.5. The van der Waals surface area contributed by atoms with Crippen molar-refractivity contribution in [3.8, 4) is 0 Å². The van der Waals surface area contributed by atoms with Crippen molar-refractivity contribution in [2.45, 2.75) is 39.4 Å². The van der Waals surface area contributed by atoms with Gasteiger partial charge < -0.3 is 10.6 Å². The summed E-state index contributed by atoms with van der Waals surface area (Å²) in [6.45, 7) is 4.98. The fourth-order valence-corrected chi connectivity index (χ4v) is 3.09. The van der Waals surface area contributed by atoms with E-state index in [1.54, 1.807) is 11.0 Å². The topological polar surface area (TPSA) is 88.9 Å². The normalized spacial score (nSPS) is 11.8. The highest BCUT2D eigenvalue weighted by molar-refractivity contribution is 5.88. The van der Waals surface area contributed by atoms with E-state index in [0.29, 0.717) is 19.5 Å². The molecule has 1 atom stereocenters. The molecule has 156 valence electrons. The molecule has 1 aromatic heterocycles. The molecule has 30 heavy (non-hydrogen) atoms. The number of hydrogen-bond donors (Lipinski definition) is 2. The zero-order valence-electron chi connectivity index (χ0n) is 17.3. The summed E-state index contributed by atoms with van der Waals surface area (Å²) in [6.07, 6.45) is 3.56. The molecule has 0 bridgehead atoms. The van der Waals surface area contributed by atoms with Crippen molar-refractivity contribution in [3.63, 3.8) is 0 Å². The first-order valence-corrected chi connectivity index (χ1v) is 10.0. The van der Waals surface area contributed by atoms with Crippen molar-refractivity contribution in [3.05, 3.63) is 83.9 Å². The molecule has 0 saturated carbocycles. The maximum absolute atomic E-state index is 12.9. The van der Waals surface area contributed by atoms with E-state index in [9.17, 15) is 9.59 Å². The van der Waals surface area contributed by atoms with Crippen LogP contribution in [-0.2, 0) is 22.7 Å². The molecule has 1 heterocycles. The summed E-state index contributed by atoms with van der Waals surface area (Å²) in [7, 11) is 0. The third kappa shape index (κ3) is 6.27. The fraction of sp³-hybridized carbons (Fsp3) is 0.304. The van der Waals surface area contributed by atoms with Gasteiger partial charge in [0.1, 0.15) is 18.7 Å². The van der Waals surface area contributed by atoms with Gasteiger partial charge in [-0.3, -0.25) is 9.59 Å². The number of aromatic nitrogens is 3. The van der Waals surface area contributed by atoms with E-state index in [2.05, 4.69) is 20.7 Å². The summed E-state index contributed by atoms with van der Waals surface area (Å²) in [6, 6.07) is 16.5. The lowest BCUT2D eigenvalue weighted by Gasteiger charge is -2.19. The number of benzene rings is 2. The van der Waals surface area contributed by atoms with Crippen LogP contribution in [0, 0.1) is 5.92 Å². The molecule has 0 saturated heterocycles. The average Bonchev–Trinajstić information content (AvgIpc) is 3.24. The quantitative estimate of drug-likeness (QED) is 0.573. The summed E-state index contributed by atoms with van der Waals surface area (Å²) in [5, 5.41) is 9.91. The van der Waals surface area contributed by atoms with Crippen molar-refractivity contribution in [1.29, 1.82) is 0 Å². The van der Waals surface area contributed by atoms with Gasteiger partial charge in [0.25, 0.3) is 0 Å². The molecule has 0 fully saturated rings. The molecule has 0 spiro atoms. The zero-order chi connectivity index (χ0) is 21.3. The van der Waals surface area contributed by atoms with Gasteiger partial charge in [0, 0.05) is 13.0 Å². The molecule has 2 N–H and O–H groups in total. The monoisotopic (exact) mass is 405 g/mol. The summed E-state index contributed by atoms with van der Waals surface area (Å²) < 4.78 is 1.75. The Labute approximate surface area is 176 Å². The Morgan fingerprint density at radius 3 is 2.33 bits per heavy atom. The SMILES string of the molecule is CC(C)CC(=O)NC(C(=O)NCc1ccc(Cn2cncn2)cc1)c1ccccc1. The largest absolute Gasteiger partial charge is 0.350 e. The summed E-state index contributed by atoms with van der Waals surface area (Å²) >= 11 is 0. The second kappa shape index (κ2) is 10.3. The van der Waals surface area contributed by atoms with E-state index >= 15 is 0 Å². The smallest absolute Gasteiger partial charge is 0.247 e. The molecule has 3 rings (SSSR count). The molecular formula is C23H27N5O2. The molecule has 7 nitrogen and oxygen atoms in total. The predicted octanol–water partition coefficient (Wildman–Crippen LogP) is 2.85. The van der Waals surface area contributed by atoms with Gasteiger partial charge in [-0.2, -0.15) is 5.10 Å². The van der Waals surface area contributed by atoms with Gasteiger partial charge in [-0.15, -0.1) is 0 Å². The summed E-state index contributed by atoms with van der Waals surface area (Å²) in [5.41, 5.74) is 2.83.